The van der Waals surface area contributed by atoms with E-state index >= 15 is 0 Å². The Balaban J connectivity index is 1.74. The van der Waals surface area contributed by atoms with Gasteiger partial charge in [0.2, 0.25) is 5.91 Å². The highest BCUT2D eigenvalue weighted by Crippen LogP contribution is 2.30. The lowest BCUT2D eigenvalue weighted by Crippen LogP contribution is -2.51. The summed E-state index contributed by atoms with van der Waals surface area (Å²) in [6.45, 7) is 7.11. The zero-order chi connectivity index (χ0) is 20.6. The monoisotopic (exact) mass is 387 g/mol. The number of rotatable bonds is 3. The van der Waals surface area contributed by atoms with Gasteiger partial charge in [0.1, 0.15) is 6.61 Å². The van der Waals surface area contributed by atoms with Gasteiger partial charge in [-0.15, -0.1) is 0 Å². The van der Waals surface area contributed by atoms with Gasteiger partial charge in [-0.1, -0.05) is 0 Å². The molecule has 2 heterocycles. The van der Waals surface area contributed by atoms with Crippen molar-refractivity contribution in [3.63, 3.8) is 0 Å². The van der Waals surface area contributed by atoms with E-state index in [1.165, 1.54) is 18.1 Å². The second-order valence-electron chi connectivity index (χ2n) is 7.98. The van der Waals surface area contributed by atoms with Crippen LogP contribution in [0.3, 0.4) is 0 Å². The fourth-order valence-electron chi connectivity index (χ4n) is 3.54. The first-order chi connectivity index (χ1) is 13.1. The number of ether oxygens (including phenoxy) is 1. The minimum absolute atomic E-state index is 0.0270. The number of piperazine rings is 1. The van der Waals surface area contributed by atoms with Crippen LogP contribution in [0, 0.1) is 0 Å². The molecule has 2 aliphatic rings. The lowest BCUT2D eigenvalue weighted by Gasteiger charge is -2.34. The summed E-state index contributed by atoms with van der Waals surface area (Å²) in [5.41, 5.74) is 0.320. The predicted octanol–water partition coefficient (Wildman–Crippen LogP) is 1.01. The van der Waals surface area contributed by atoms with Gasteiger partial charge in [0.05, 0.1) is 11.1 Å². The van der Waals surface area contributed by atoms with Crippen LogP contribution in [-0.4, -0.2) is 83.8 Å². The molecule has 4 amide bonds. The molecule has 0 bridgehead atoms. The van der Waals surface area contributed by atoms with Crippen molar-refractivity contribution >= 4 is 23.6 Å². The van der Waals surface area contributed by atoms with Crippen molar-refractivity contribution in [1.82, 2.24) is 14.7 Å². The third-order valence-electron chi connectivity index (χ3n) is 4.99. The molecule has 0 aliphatic carbocycles. The molecule has 1 saturated heterocycles. The number of nitrogens with zero attached hydrogens (tertiary/aromatic N) is 3. The molecule has 0 atom stereocenters. The third kappa shape index (κ3) is 3.52. The largest absolute Gasteiger partial charge is 0.375 e. The average molecular weight is 387 g/mol. The summed E-state index contributed by atoms with van der Waals surface area (Å²) in [6, 6.07) is 4.64. The Morgan fingerprint density at radius 3 is 2.11 bits per heavy atom. The van der Waals surface area contributed by atoms with Gasteiger partial charge in [-0.3, -0.25) is 24.1 Å². The Labute approximate surface area is 164 Å². The number of carbonyl (C=O) groups excluding carboxylic acids is 4. The first kappa shape index (κ1) is 20.0. The summed E-state index contributed by atoms with van der Waals surface area (Å²) in [7, 11) is 1.47. The number of benzene rings is 1. The Kier molecular flexibility index (Phi) is 5.25. The standard InChI is InChI=1S/C20H25N3O5/c1-20(2,3)23-18(26)14-6-5-13(11-15(14)19(23)27)17(25)22-9-7-21(8-10-22)16(24)12-28-4/h5-6,11H,7-10,12H2,1-4H3. The Morgan fingerprint density at radius 2 is 1.54 bits per heavy atom. The maximum Gasteiger partial charge on any atom is 0.262 e. The van der Waals surface area contributed by atoms with Crippen molar-refractivity contribution in [1.29, 1.82) is 0 Å². The molecule has 0 aromatic heterocycles. The molecule has 0 N–H and O–H groups in total. The van der Waals surface area contributed by atoms with Crippen molar-refractivity contribution in [2.24, 2.45) is 0 Å². The molecular weight excluding hydrogens is 362 g/mol. The Hall–Kier alpha value is -2.74. The number of carbonyl (C=O) groups is 4. The zero-order valence-electron chi connectivity index (χ0n) is 16.7. The van der Waals surface area contributed by atoms with Gasteiger partial charge in [-0.05, 0) is 39.0 Å². The molecule has 1 aromatic rings. The Morgan fingerprint density at radius 1 is 0.964 bits per heavy atom. The molecule has 0 spiro atoms. The van der Waals surface area contributed by atoms with E-state index in [4.69, 9.17) is 4.74 Å². The second-order valence-corrected chi connectivity index (χ2v) is 7.98. The highest BCUT2D eigenvalue weighted by molar-refractivity contribution is 6.22. The molecule has 28 heavy (non-hydrogen) atoms. The van der Waals surface area contributed by atoms with E-state index in [9.17, 15) is 19.2 Å². The fourth-order valence-corrected chi connectivity index (χ4v) is 3.54. The van der Waals surface area contributed by atoms with Gasteiger partial charge >= 0.3 is 0 Å². The number of fused-ring (bicyclic) bond motifs is 1. The van der Waals surface area contributed by atoms with E-state index in [-0.39, 0.29) is 35.8 Å². The summed E-state index contributed by atoms with van der Waals surface area (Å²) < 4.78 is 4.86. The van der Waals surface area contributed by atoms with Crippen LogP contribution >= 0.6 is 0 Å². The van der Waals surface area contributed by atoms with Crippen LogP contribution < -0.4 is 0 Å². The van der Waals surface area contributed by atoms with Gasteiger partial charge in [0.25, 0.3) is 17.7 Å². The highest BCUT2D eigenvalue weighted by atomic mass is 16.5. The van der Waals surface area contributed by atoms with E-state index in [0.29, 0.717) is 37.3 Å². The summed E-state index contributed by atoms with van der Waals surface area (Å²) in [6.07, 6.45) is 0. The first-order valence-electron chi connectivity index (χ1n) is 9.24. The topological polar surface area (TPSA) is 87.2 Å². The van der Waals surface area contributed by atoms with Crippen LogP contribution in [0.25, 0.3) is 0 Å². The summed E-state index contributed by atoms with van der Waals surface area (Å²) in [4.78, 5) is 54.5. The van der Waals surface area contributed by atoms with Gasteiger partial charge < -0.3 is 14.5 Å². The zero-order valence-corrected chi connectivity index (χ0v) is 16.7. The molecule has 1 fully saturated rings. The number of hydrogen-bond donors (Lipinski definition) is 0. The van der Waals surface area contributed by atoms with Gasteiger partial charge in [-0.2, -0.15) is 0 Å². The van der Waals surface area contributed by atoms with Crippen LogP contribution in [0.5, 0.6) is 0 Å². The molecule has 8 heteroatoms. The van der Waals surface area contributed by atoms with Crippen molar-refractivity contribution in [2.75, 3.05) is 39.9 Å². The van der Waals surface area contributed by atoms with Crippen molar-refractivity contribution in [3.05, 3.63) is 34.9 Å². The minimum Gasteiger partial charge on any atom is -0.375 e. The SMILES string of the molecule is COCC(=O)N1CCN(C(=O)c2ccc3c(c2)C(=O)N(C(C)(C)C)C3=O)CC1. The van der Waals surface area contributed by atoms with Crippen LogP contribution in [0.2, 0.25) is 0 Å². The third-order valence-corrected chi connectivity index (χ3v) is 4.99. The van der Waals surface area contributed by atoms with Crippen LogP contribution in [0.1, 0.15) is 51.8 Å². The molecule has 0 unspecified atom stereocenters. The summed E-state index contributed by atoms with van der Waals surface area (Å²) in [5.74, 6) is -1.02. The Bertz CT molecular complexity index is 835. The molecule has 2 aliphatic heterocycles. The smallest absolute Gasteiger partial charge is 0.262 e. The number of imide groups is 1. The molecule has 3 rings (SSSR count). The predicted molar refractivity (Wildman–Crippen MR) is 101 cm³/mol. The minimum atomic E-state index is -0.636. The maximum atomic E-state index is 12.9. The normalized spacial score (nSPS) is 17.2. The molecule has 0 radical (unpaired) electrons. The van der Waals surface area contributed by atoms with Crippen LogP contribution in [0.15, 0.2) is 18.2 Å². The van der Waals surface area contributed by atoms with Crippen molar-refractivity contribution < 1.29 is 23.9 Å². The van der Waals surface area contributed by atoms with E-state index < -0.39 is 5.54 Å². The van der Waals surface area contributed by atoms with E-state index in [1.807, 2.05) is 0 Å². The quantitative estimate of drug-likeness (QED) is 0.723. The number of amides is 4. The van der Waals surface area contributed by atoms with Crippen LogP contribution in [-0.2, 0) is 9.53 Å². The number of methoxy groups -OCH3 is 1. The fraction of sp³-hybridized carbons (Fsp3) is 0.500. The van der Waals surface area contributed by atoms with Gasteiger partial charge in [0, 0.05) is 44.4 Å². The molecular formula is C20H25N3O5. The van der Waals surface area contributed by atoms with Crippen LogP contribution in [0.4, 0.5) is 0 Å². The maximum absolute atomic E-state index is 12.9. The lowest BCUT2D eigenvalue weighted by molar-refractivity contribution is -0.136. The van der Waals surface area contributed by atoms with Gasteiger partial charge in [-0.25, -0.2) is 0 Å². The van der Waals surface area contributed by atoms with Crippen molar-refractivity contribution in [3.8, 4) is 0 Å². The highest BCUT2D eigenvalue weighted by Gasteiger charge is 2.42. The van der Waals surface area contributed by atoms with E-state index in [2.05, 4.69) is 0 Å². The summed E-state index contributed by atoms with van der Waals surface area (Å²) >= 11 is 0. The van der Waals surface area contributed by atoms with E-state index in [0.717, 1.165) is 0 Å². The molecule has 8 nitrogen and oxygen atoms in total. The molecule has 1 aromatic carbocycles. The van der Waals surface area contributed by atoms with E-state index in [1.54, 1.807) is 42.7 Å². The second kappa shape index (κ2) is 7.35. The average Bonchev–Trinajstić information content (AvgIpc) is 2.91. The number of hydrogen-bond acceptors (Lipinski definition) is 5. The van der Waals surface area contributed by atoms with Crippen molar-refractivity contribution in [2.45, 2.75) is 26.3 Å². The molecule has 150 valence electrons. The van der Waals surface area contributed by atoms with Gasteiger partial charge in [0.15, 0.2) is 0 Å². The summed E-state index contributed by atoms with van der Waals surface area (Å²) in [5, 5.41) is 0. The lowest BCUT2D eigenvalue weighted by atomic mass is 10.0. The molecule has 0 saturated carbocycles. The first-order valence-corrected chi connectivity index (χ1v) is 9.24.